The molecule has 9 heteroatoms. The van der Waals surface area contributed by atoms with Crippen LogP contribution in [0.1, 0.15) is 17.3 Å². The molecule has 2 aromatic rings. The number of hydrogen-bond donors (Lipinski definition) is 4. The number of benzene rings is 1. The fourth-order valence-corrected chi connectivity index (χ4v) is 1.90. The average Bonchev–Trinajstić information content (AvgIpc) is 2.81. The number of aliphatic hydroxyl groups excluding tert-OH is 1. The number of urea groups is 1. The van der Waals surface area contributed by atoms with E-state index in [0.29, 0.717) is 0 Å². The lowest BCUT2D eigenvalue weighted by Gasteiger charge is -2.12. The number of carboxylic acid groups (broad SMARTS) is 1. The molecule has 0 saturated heterocycles. The molecule has 2 rings (SSSR count). The van der Waals surface area contributed by atoms with Gasteiger partial charge in [-0.05, 0) is 25.1 Å². The molecule has 0 aliphatic rings. The predicted octanol–water partition coefficient (Wildman–Crippen LogP) is 1.75. The summed E-state index contributed by atoms with van der Waals surface area (Å²) in [6.45, 7) is 1.50. The number of carbonyl (C=O) groups is 2. The third-order valence-electron chi connectivity index (χ3n) is 2.82. The standard InChI is InChI=1S/C14H15FN4O4/c1-8(20)7-19-12(11(6-16-19)13(21)22)18-14(23)17-10-4-2-3-9(15)5-10/h2-6,8,20H,7H2,1H3,(H,21,22)(H2,17,18,23). The van der Waals surface area contributed by atoms with E-state index in [1.807, 2.05) is 0 Å². The number of anilines is 2. The number of carbonyl (C=O) groups excluding carboxylic acids is 1. The van der Waals surface area contributed by atoms with Gasteiger partial charge in [-0.15, -0.1) is 0 Å². The molecule has 1 aromatic carbocycles. The first-order valence-electron chi connectivity index (χ1n) is 6.67. The van der Waals surface area contributed by atoms with Crippen molar-refractivity contribution in [2.75, 3.05) is 10.6 Å². The van der Waals surface area contributed by atoms with Crippen molar-refractivity contribution >= 4 is 23.5 Å². The van der Waals surface area contributed by atoms with Gasteiger partial charge in [-0.3, -0.25) is 5.32 Å². The van der Waals surface area contributed by atoms with Crippen molar-refractivity contribution in [1.82, 2.24) is 9.78 Å². The van der Waals surface area contributed by atoms with E-state index >= 15 is 0 Å². The van der Waals surface area contributed by atoms with Gasteiger partial charge in [-0.2, -0.15) is 5.10 Å². The molecule has 0 fully saturated rings. The molecule has 122 valence electrons. The Morgan fingerprint density at radius 3 is 2.74 bits per heavy atom. The van der Waals surface area contributed by atoms with Gasteiger partial charge >= 0.3 is 12.0 Å². The van der Waals surface area contributed by atoms with Crippen LogP contribution in [0.15, 0.2) is 30.5 Å². The molecule has 0 aliphatic heterocycles. The highest BCUT2D eigenvalue weighted by molar-refractivity contribution is 6.03. The highest BCUT2D eigenvalue weighted by Crippen LogP contribution is 2.17. The van der Waals surface area contributed by atoms with Gasteiger partial charge < -0.3 is 15.5 Å². The summed E-state index contributed by atoms with van der Waals surface area (Å²) in [7, 11) is 0. The summed E-state index contributed by atoms with van der Waals surface area (Å²) >= 11 is 0. The summed E-state index contributed by atoms with van der Waals surface area (Å²) in [5, 5.41) is 27.1. The van der Waals surface area contributed by atoms with Gasteiger partial charge in [0.2, 0.25) is 0 Å². The van der Waals surface area contributed by atoms with Crippen LogP contribution >= 0.6 is 0 Å². The van der Waals surface area contributed by atoms with Crippen molar-refractivity contribution in [2.24, 2.45) is 0 Å². The van der Waals surface area contributed by atoms with Crippen LogP contribution in [-0.4, -0.2) is 38.1 Å². The minimum atomic E-state index is -1.28. The van der Waals surface area contributed by atoms with Gasteiger partial charge in [-0.1, -0.05) is 6.07 Å². The monoisotopic (exact) mass is 322 g/mol. The Hall–Kier alpha value is -2.94. The number of rotatable bonds is 5. The quantitative estimate of drug-likeness (QED) is 0.669. The highest BCUT2D eigenvalue weighted by atomic mass is 19.1. The Morgan fingerprint density at radius 1 is 1.39 bits per heavy atom. The largest absolute Gasteiger partial charge is 0.477 e. The summed E-state index contributed by atoms with van der Waals surface area (Å²) in [6, 6.07) is 4.48. The van der Waals surface area contributed by atoms with E-state index in [9.17, 15) is 19.1 Å². The SMILES string of the molecule is CC(O)Cn1ncc(C(=O)O)c1NC(=O)Nc1cccc(F)c1. The zero-order chi connectivity index (χ0) is 17.0. The van der Waals surface area contributed by atoms with E-state index in [2.05, 4.69) is 15.7 Å². The average molecular weight is 322 g/mol. The molecule has 23 heavy (non-hydrogen) atoms. The van der Waals surface area contributed by atoms with Crippen LogP contribution in [0, 0.1) is 5.82 Å². The Morgan fingerprint density at radius 2 is 2.13 bits per heavy atom. The van der Waals surface area contributed by atoms with Crippen LogP contribution in [0.5, 0.6) is 0 Å². The van der Waals surface area contributed by atoms with Gasteiger partial charge in [-0.25, -0.2) is 18.7 Å². The molecule has 1 heterocycles. The van der Waals surface area contributed by atoms with Crippen molar-refractivity contribution in [3.8, 4) is 0 Å². The molecular weight excluding hydrogens is 307 g/mol. The fourth-order valence-electron chi connectivity index (χ4n) is 1.90. The number of carboxylic acids is 1. The van der Waals surface area contributed by atoms with Crippen LogP contribution in [0.3, 0.4) is 0 Å². The number of aromatic nitrogens is 2. The van der Waals surface area contributed by atoms with Gasteiger partial charge in [0.25, 0.3) is 0 Å². The topological polar surface area (TPSA) is 116 Å². The van der Waals surface area contributed by atoms with Crippen molar-refractivity contribution < 1.29 is 24.2 Å². The van der Waals surface area contributed by atoms with Crippen LogP contribution in [0.4, 0.5) is 20.7 Å². The third kappa shape index (κ3) is 4.27. The molecule has 1 atom stereocenters. The van der Waals surface area contributed by atoms with Gasteiger partial charge in [0.1, 0.15) is 17.2 Å². The van der Waals surface area contributed by atoms with E-state index in [1.54, 1.807) is 0 Å². The second kappa shape index (κ2) is 6.88. The molecule has 0 saturated carbocycles. The van der Waals surface area contributed by atoms with Crippen LogP contribution in [0.2, 0.25) is 0 Å². The first-order valence-corrected chi connectivity index (χ1v) is 6.67. The van der Waals surface area contributed by atoms with Gasteiger partial charge in [0.15, 0.2) is 0 Å². The molecule has 0 aliphatic carbocycles. The molecule has 0 spiro atoms. The number of hydrogen-bond acceptors (Lipinski definition) is 4. The lowest BCUT2D eigenvalue weighted by atomic mass is 10.3. The summed E-state index contributed by atoms with van der Waals surface area (Å²) in [4.78, 5) is 23.1. The minimum absolute atomic E-state index is 0.00284. The Bertz CT molecular complexity index is 729. The highest BCUT2D eigenvalue weighted by Gasteiger charge is 2.19. The maximum absolute atomic E-state index is 13.1. The Kier molecular flexibility index (Phi) is 4.91. The number of halogens is 1. The Labute approximate surface area is 130 Å². The molecule has 0 radical (unpaired) electrons. The smallest absolute Gasteiger partial charge is 0.341 e. The lowest BCUT2D eigenvalue weighted by Crippen LogP contribution is -2.24. The minimum Gasteiger partial charge on any atom is -0.477 e. The van der Waals surface area contributed by atoms with E-state index in [-0.39, 0.29) is 23.6 Å². The van der Waals surface area contributed by atoms with Crippen molar-refractivity contribution in [3.05, 3.63) is 41.8 Å². The first kappa shape index (κ1) is 16.4. The van der Waals surface area contributed by atoms with E-state index in [0.717, 1.165) is 12.3 Å². The Balaban J connectivity index is 2.18. The molecular formula is C14H15FN4O4. The molecule has 2 amide bonds. The predicted molar refractivity (Wildman–Crippen MR) is 79.9 cm³/mol. The summed E-state index contributed by atoms with van der Waals surface area (Å²) in [5.41, 5.74) is -0.0130. The number of aliphatic hydroxyl groups is 1. The maximum atomic E-state index is 13.1. The molecule has 1 aromatic heterocycles. The van der Waals surface area contributed by atoms with E-state index < -0.39 is 23.9 Å². The van der Waals surface area contributed by atoms with Crippen LogP contribution < -0.4 is 10.6 Å². The number of nitrogens with one attached hydrogen (secondary N) is 2. The summed E-state index contributed by atoms with van der Waals surface area (Å²) < 4.78 is 14.2. The van der Waals surface area contributed by atoms with Crippen molar-refractivity contribution in [2.45, 2.75) is 19.6 Å². The zero-order valence-corrected chi connectivity index (χ0v) is 12.2. The number of aromatic carboxylic acids is 1. The molecule has 1 unspecified atom stereocenters. The molecule has 0 bridgehead atoms. The number of amides is 2. The van der Waals surface area contributed by atoms with Crippen LogP contribution in [0.25, 0.3) is 0 Å². The van der Waals surface area contributed by atoms with E-state index in [4.69, 9.17) is 5.11 Å². The van der Waals surface area contributed by atoms with Gasteiger partial charge in [0.05, 0.1) is 18.8 Å². The molecule has 4 N–H and O–H groups in total. The first-order chi connectivity index (χ1) is 10.9. The molecule has 8 nitrogen and oxygen atoms in total. The van der Waals surface area contributed by atoms with Crippen molar-refractivity contribution in [1.29, 1.82) is 0 Å². The maximum Gasteiger partial charge on any atom is 0.341 e. The second-order valence-electron chi connectivity index (χ2n) is 4.83. The third-order valence-corrected chi connectivity index (χ3v) is 2.82. The normalized spacial score (nSPS) is 11.8. The second-order valence-corrected chi connectivity index (χ2v) is 4.83. The lowest BCUT2D eigenvalue weighted by molar-refractivity contribution is 0.0697. The summed E-state index contributed by atoms with van der Waals surface area (Å²) in [5.74, 6) is -1.87. The zero-order valence-electron chi connectivity index (χ0n) is 12.2. The number of nitrogens with zero attached hydrogens (tertiary/aromatic N) is 2. The van der Waals surface area contributed by atoms with Crippen LogP contribution in [-0.2, 0) is 6.54 Å². The fraction of sp³-hybridized carbons (Fsp3) is 0.214. The summed E-state index contributed by atoms with van der Waals surface area (Å²) in [6.07, 6.45) is 0.283. The van der Waals surface area contributed by atoms with Crippen molar-refractivity contribution in [3.63, 3.8) is 0 Å². The van der Waals surface area contributed by atoms with E-state index in [1.165, 1.54) is 29.8 Å². The van der Waals surface area contributed by atoms with Gasteiger partial charge in [0, 0.05) is 5.69 Å².